The third kappa shape index (κ3) is 1.82. The Hall–Kier alpha value is -2.17. The van der Waals surface area contributed by atoms with Crippen LogP contribution in [-0.4, -0.2) is 29.9 Å². The van der Waals surface area contributed by atoms with Crippen molar-refractivity contribution in [1.29, 1.82) is 0 Å². The van der Waals surface area contributed by atoms with Gasteiger partial charge in [-0.2, -0.15) is 4.39 Å². The molecule has 3 rings (SSSR count). The van der Waals surface area contributed by atoms with E-state index in [1.54, 1.807) is 0 Å². The molecule has 0 fully saturated rings. The van der Waals surface area contributed by atoms with Crippen molar-refractivity contribution in [2.45, 2.75) is 13.8 Å². The lowest BCUT2D eigenvalue weighted by Gasteiger charge is -2.31. The maximum Gasteiger partial charge on any atom is 0.262 e. The second-order valence-electron chi connectivity index (χ2n) is 4.74. The zero-order valence-electron chi connectivity index (χ0n) is 10.9. The minimum atomic E-state index is -0.527. The monoisotopic (exact) mass is 259 g/mol. The van der Waals surface area contributed by atoms with E-state index in [0.717, 1.165) is 22.9 Å². The summed E-state index contributed by atoms with van der Waals surface area (Å²) in [5.41, 5.74) is 2.97. The minimum Gasteiger partial charge on any atom is -0.286 e. The molecule has 0 atom stereocenters. The fraction of sp³-hybridized carbons (Fsp3) is 0.286. The molecule has 19 heavy (non-hydrogen) atoms. The molecule has 98 valence electrons. The van der Waals surface area contributed by atoms with Gasteiger partial charge in [0.1, 0.15) is 0 Å². The number of hydrogen-bond acceptors (Lipinski definition) is 3. The van der Waals surface area contributed by atoms with Gasteiger partial charge in [0.15, 0.2) is 0 Å². The van der Waals surface area contributed by atoms with Crippen molar-refractivity contribution >= 4 is 17.6 Å². The first-order valence-electron chi connectivity index (χ1n) is 6.18. The molecule has 0 saturated carbocycles. The molecule has 0 saturated heterocycles. The van der Waals surface area contributed by atoms with Gasteiger partial charge in [0.25, 0.3) is 5.91 Å². The second kappa shape index (κ2) is 4.19. The van der Waals surface area contributed by atoms with Crippen molar-refractivity contribution in [2.75, 3.05) is 18.0 Å². The molecular formula is C14H14FN3O. The fourth-order valence-corrected chi connectivity index (χ4v) is 2.28. The number of guanidine groups is 1. The number of hydrogen-bond donors (Lipinski definition) is 0. The molecule has 0 aromatic heterocycles. The third-order valence-corrected chi connectivity index (χ3v) is 3.49. The van der Waals surface area contributed by atoms with Gasteiger partial charge in [0.2, 0.25) is 11.9 Å². The molecule has 0 aliphatic carbocycles. The topological polar surface area (TPSA) is 35.9 Å². The summed E-state index contributed by atoms with van der Waals surface area (Å²) in [7, 11) is 0. The van der Waals surface area contributed by atoms with Gasteiger partial charge in [-0.05, 0) is 37.1 Å². The minimum absolute atomic E-state index is 0.383. The van der Waals surface area contributed by atoms with Crippen LogP contribution in [0.4, 0.5) is 10.1 Å². The van der Waals surface area contributed by atoms with E-state index in [0.29, 0.717) is 19.0 Å². The normalized spacial score (nSPS) is 18.4. The van der Waals surface area contributed by atoms with E-state index < -0.39 is 11.9 Å². The average molecular weight is 259 g/mol. The van der Waals surface area contributed by atoms with Crippen molar-refractivity contribution < 1.29 is 9.18 Å². The van der Waals surface area contributed by atoms with Crippen LogP contribution in [-0.2, 0) is 4.79 Å². The number of anilines is 1. The Morgan fingerprint density at radius 3 is 2.79 bits per heavy atom. The molecule has 1 aromatic rings. The average Bonchev–Trinajstić information content (AvgIpc) is 2.83. The fourth-order valence-electron chi connectivity index (χ4n) is 2.28. The van der Waals surface area contributed by atoms with E-state index in [-0.39, 0.29) is 0 Å². The van der Waals surface area contributed by atoms with E-state index >= 15 is 0 Å². The van der Waals surface area contributed by atoms with Crippen LogP contribution >= 0.6 is 0 Å². The van der Waals surface area contributed by atoms with Crippen molar-refractivity contribution in [1.82, 2.24) is 4.90 Å². The maximum absolute atomic E-state index is 13.7. The number of aryl methyl sites for hydroxylation is 2. The summed E-state index contributed by atoms with van der Waals surface area (Å²) in [6, 6.07) is 5.73. The third-order valence-electron chi connectivity index (χ3n) is 3.49. The van der Waals surface area contributed by atoms with Gasteiger partial charge in [-0.3, -0.25) is 14.7 Å². The van der Waals surface area contributed by atoms with Crippen molar-refractivity contribution in [3.05, 3.63) is 41.4 Å². The number of aliphatic imine (C=N–C) groups is 1. The molecular weight excluding hydrogens is 245 g/mol. The predicted octanol–water partition coefficient (Wildman–Crippen LogP) is 2.13. The highest BCUT2D eigenvalue weighted by Crippen LogP contribution is 2.27. The summed E-state index contributed by atoms with van der Waals surface area (Å²) in [5, 5.41) is 0. The Bertz CT molecular complexity index is 621. The standard InChI is InChI=1S/C14H14FN3O/c1-9-3-4-11(7-10(9)2)18-13(19)8-12(15)17-6-5-16-14(17)18/h3-4,7-8H,5-6H2,1-2H3. The van der Waals surface area contributed by atoms with Crippen LogP contribution in [0.5, 0.6) is 0 Å². The van der Waals surface area contributed by atoms with Gasteiger partial charge in [-0.15, -0.1) is 0 Å². The van der Waals surface area contributed by atoms with Crippen molar-refractivity contribution in [3.63, 3.8) is 0 Å². The molecule has 2 heterocycles. The summed E-state index contributed by atoms with van der Waals surface area (Å²) in [6.07, 6.45) is 1.01. The first-order chi connectivity index (χ1) is 9.08. The molecule has 0 unspecified atom stereocenters. The number of nitrogens with zero attached hydrogens (tertiary/aromatic N) is 3. The number of carbonyl (C=O) groups is 1. The van der Waals surface area contributed by atoms with Gasteiger partial charge < -0.3 is 0 Å². The Morgan fingerprint density at radius 1 is 1.26 bits per heavy atom. The first kappa shape index (κ1) is 11.9. The summed E-state index contributed by atoms with van der Waals surface area (Å²) in [5.74, 6) is -0.535. The number of carbonyl (C=O) groups excluding carboxylic acids is 1. The van der Waals surface area contributed by atoms with Gasteiger partial charge in [0.05, 0.1) is 18.3 Å². The molecule has 2 aliphatic rings. The highest BCUT2D eigenvalue weighted by atomic mass is 19.1. The predicted molar refractivity (Wildman–Crippen MR) is 71.6 cm³/mol. The Labute approximate surface area is 110 Å². The lowest BCUT2D eigenvalue weighted by Crippen LogP contribution is -2.47. The van der Waals surface area contributed by atoms with E-state index in [1.807, 2.05) is 32.0 Å². The van der Waals surface area contributed by atoms with Gasteiger partial charge in [-0.1, -0.05) is 6.07 Å². The summed E-state index contributed by atoms with van der Waals surface area (Å²) < 4.78 is 13.7. The Morgan fingerprint density at radius 2 is 2.05 bits per heavy atom. The van der Waals surface area contributed by atoms with Crippen LogP contribution in [0.25, 0.3) is 0 Å². The van der Waals surface area contributed by atoms with E-state index in [2.05, 4.69) is 4.99 Å². The smallest absolute Gasteiger partial charge is 0.262 e. The lowest BCUT2D eigenvalue weighted by molar-refractivity contribution is -0.113. The number of amides is 1. The lowest BCUT2D eigenvalue weighted by atomic mass is 10.1. The van der Waals surface area contributed by atoms with Gasteiger partial charge in [0, 0.05) is 6.54 Å². The van der Waals surface area contributed by atoms with E-state index in [9.17, 15) is 9.18 Å². The molecule has 0 spiro atoms. The molecule has 0 radical (unpaired) electrons. The van der Waals surface area contributed by atoms with Crippen LogP contribution in [0.1, 0.15) is 11.1 Å². The highest BCUT2D eigenvalue weighted by Gasteiger charge is 2.35. The largest absolute Gasteiger partial charge is 0.286 e. The molecule has 1 amide bonds. The molecule has 0 bridgehead atoms. The quantitative estimate of drug-likeness (QED) is 0.724. The molecule has 2 aliphatic heterocycles. The molecule has 4 nitrogen and oxygen atoms in total. The summed E-state index contributed by atoms with van der Waals surface area (Å²) in [4.78, 5) is 19.2. The summed E-state index contributed by atoms with van der Waals surface area (Å²) in [6.45, 7) is 4.98. The van der Waals surface area contributed by atoms with E-state index in [1.165, 1.54) is 9.80 Å². The van der Waals surface area contributed by atoms with Crippen molar-refractivity contribution in [2.24, 2.45) is 4.99 Å². The van der Waals surface area contributed by atoms with E-state index in [4.69, 9.17) is 0 Å². The van der Waals surface area contributed by atoms with Crippen LogP contribution in [0, 0.1) is 13.8 Å². The highest BCUT2D eigenvalue weighted by molar-refractivity contribution is 6.22. The van der Waals surface area contributed by atoms with Crippen LogP contribution in [0.3, 0.4) is 0 Å². The molecule has 0 N–H and O–H groups in total. The Kier molecular flexibility index (Phi) is 2.62. The zero-order valence-corrected chi connectivity index (χ0v) is 10.9. The number of rotatable bonds is 1. The number of fused-ring (bicyclic) bond motifs is 1. The van der Waals surface area contributed by atoms with Crippen LogP contribution < -0.4 is 4.90 Å². The zero-order chi connectivity index (χ0) is 13.6. The SMILES string of the molecule is Cc1ccc(N2C(=O)C=C(F)N3CCN=C32)cc1C. The maximum atomic E-state index is 13.7. The van der Waals surface area contributed by atoms with Crippen LogP contribution in [0.2, 0.25) is 0 Å². The number of benzene rings is 1. The van der Waals surface area contributed by atoms with Gasteiger partial charge >= 0.3 is 0 Å². The Balaban J connectivity index is 2.08. The summed E-state index contributed by atoms with van der Waals surface area (Å²) >= 11 is 0. The first-order valence-corrected chi connectivity index (χ1v) is 6.18. The molecule has 1 aromatic carbocycles. The molecule has 5 heteroatoms. The van der Waals surface area contributed by atoms with Crippen molar-refractivity contribution in [3.8, 4) is 0 Å². The van der Waals surface area contributed by atoms with Crippen LogP contribution in [0.15, 0.2) is 35.2 Å². The second-order valence-corrected chi connectivity index (χ2v) is 4.74. The number of halogens is 1. The van der Waals surface area contributed by atoms with Gasteiger partial charge in [-0.25, -0.2) is 4.90 Å².